The molecule has 2 amide bonds. The number of alkyl carbamates (subject to hydrolysis) is 2. The van der Waals surface area contributed by atoms with Crippen molar-refractivity contribution in [2.75, 3.05) is 13.1 Å². The minimum absolute atomic E-state index is 1.11. The van der Waals surface area contributed by atoms with Crippen LogP contribution in [0.4, 0.5) is 44.7 Å². The number of amides is 2. The Kier molecular flexibility index (Phi) is 8.29. The number of carbonyl (C=O) groups is 2. The van der Waals surface area contributed by atoms with Crippen molar-refractivity contribution in [2.45, 2.75) is 23.5 Å². The number of halogens is 8. The van der Waals surface area contributed by atoms with Crippen LogP contribution in [0, 0.1) is 0 Å². The number of hydrogen-bond acceptors (Lipinski definition) is 6. The van der Waals surface area contributed by atoms with Gasteiger partial charge in [0, 0.05) is 13.1 Å². The van der Waals surface area contributed by atoms with Gasteiger partial charge in [-0.15, -0.1) is 0 Å². The molecule has 0 heterocycles. The van der Waals surface area contributed by atoms with E-state index in [0.717, 1.165) is 0 Å². The van der Waals surface area contributed by atoms with E-state index >= 15 is 0 Å². The first-order valence-corrected chi connectivity index (χ1v) is 9.78. The van der Waals surface area contributed by atoms with E-state index in [4.69, 9.17) is 19.6 Å². The first-order valence-electron chi connectivity index (χ1n) is 6.56. The molecular weight excluding hydrogens is 498 g/mol. The average Bonchev–Trinajstić information content (AvgIpc) is 2.48. The monoisotopic (exact) mass is 508 g/mol. The third-order valence-corrected chi connectivity index (χ3v) is 4.52. The van der Waals surface area contributed by atoms with Crippen LogP contribution in [-0.4, -0.2) is 68.4 Å². The van der Waals surface area contributed by atoms with Crippen molar-refractivity contribution in [1.29, 1.82) is 0 Å². The molecule has 0 rings (SSSR count). The maximum atomic E-state index is 12.9. The second kappa shape index (κ2) is 8.80. The van der Waals surface area contributed by atoms with E-state index in [0.29, 0.717) is 0 Å². The molecule has 0 aromatic rings. The predicted octanol–water partition coefficient (Wildman–Crippen LogP) is 1.17. The van der Waals surface area contributed by atoms with E-state index in [1.165, 1.54) is 10.6 Å². The first-order chi connectivity index (χ1) is 13.0. The molecule has 0 aromatic carbocycles. The highest BCUT2D eigenvalue weighted by molar-refractivity contribution is 7.53. The Morgan fingerprint density at radius 3 is 1.10 bits per heavy atom. The minimum Gasteiger partial charge on any atom is -0.379 e. The molecule has 0 atom stereocenters. The third-order valence-electron chi connectivity index (χ3n) is 2.54. The van der Waals surface area contributed by atoms with E-state index < -0.39 is 64.0 Å². The van der Waals surface area contributed by atoms with Gasteiger partial charge in [-0.05, 0) is 0 Å². The van der Waals surface area contributed by atoms with E-state index in [-0.39, 0.29) is 0 Å². The number of rotatable bonds is 9. The molecular formula is C8H10F8N2O10P2. The van der Waals surface area contributed by atoms with Gasteiger partial charge in [-0.3, -0.25) is 9.13 Å². The van der Waals surface area contributed by atoms with E-state index in [1.807, 2.05) is 0 Å². The summed E-state index contributed by atoms with van der Waals surface area (Å²) in [5.74, 6) is 0. The van der Waals surface area contributed by atoms with E-state index in [2.05, 4.69) is 9.47 Å². The van der Waals surface area contributed by atoms with Crippen LogP contribution in [-0.2, 0) is 18.6 Å². The quantitative estimate of drug-likeness (QED) is 0.150. The second-order valence-electron chi connectivity index (χ2n) is 4.84. The summed E-state index contributed by atoms with van der Waals surface area (Å²) in [7, 11) is -13.6. The Bertz CT molecular complexity index is 690. The maximum absolute atomic E-state index is 12.9. The maximum Gasteiger partial charge on any atom is 0.480 e. The Morgan fingerprint density at radius 2 is 0.900 bits per heavy atom. The van der Waals surface area contributed by atoms with E-state index in [1.54, 1.807) is 0 Å². The molecule has 0 aliphatic heterocycles. The second-order valence-corrected chi connectivity index (χ2v) is 8.14. The fraction of sp³-hybridized carbons (Fsp3) is 0.750. The van der Waals surface area contributed by atoms with Gasteiger partial charge in [-0.2, -0.15) is 35.1 Å². The van der Waals surface area contributed by atoms with Crippen LogP contribution in [0.15, 0.2) is 0 Å². The molecule has 0 aromatic heterocycles. The Hall–Kier alpha value is -1.72. The van der Waals surface area contributed by atoms with Gasteiger partial charge >= 0.3 is 50.9 Å². The van der Waals surface area contributed by atoms with Gasteiger partial charge < -0.3 is 39.7 Å². The predicted molar refractivity (Wildman–Crippen MR) is 72.8 cm³/mol. The fourth-order valence-corrected chi connectivity index (χ4v) is 1.87. The lowest BCUT2D eigenvalue weighted by Gasteiger charge is -2.26. The molecule has 0 aliphatic rings. The van der Waals surface area contributed by atoms with Crippen molar-refractivity contribution in [3.63, 3.8) is 0 Å². The van der Waals surface area contributed by atoms with Crippen LogP contribution in [0.25, 0.3) is 0 Å². The van der Waals surface area contributed by atoms with Crippen molar-refractivity contribution in [2.24, 2.45) is 0 Å². The molecule has 12 nitrogen and oxygen atoms in total. The van der Waals surface area contributed by atoms with Gasteiger partial charge in [0.2, 0.25) is 0 Å². The van der Waals surface area contributed by atoms with Gasteiger partial charge in [0.05, 0.1) is 0 Å². The van der Waals surface area contributed by atoms with Crippen molar-refractivity contribution >= 4 is 27.4 Å². The Morgan fingerprint density at radius 1 is 0.667 bits per heavy atom. The molecule has 0 bridgehead atoms. The lowest BCUT2D eigenvalue weighted by atomic mass is 10.6. The summed E-state index contributed by atoms with van der Waals surface area (Å²) in [5.41, 5.74) is -12.3. The van der Waals surface area contributed by atoms with Crippen LogP contribution in [0.5, 0.6) is 0 Å². The zero-order valence-electron chi connectivity index (χ0n) is 13.6. The van der Waals surface area contributed by atoms with Crippen molar-refractivity contribution in [3.8, 4) is 0 Å². The fourth-order valence-electron chi connectivity index (χ4n) is 1.10. The number of ether oxygens (including phenoxy) is 2. The molecule has 0 aliphatic carbocycles. The highest BCUT2D eigenvalue weighted by Crippen LogP contribution is 2.61. The van der Waals surface area contributed by atoms with E-state index in [9.17, 15) is 53.8 Å². The number of alkyl halides is 8. The highest BCUT2D eigenvalue weighted by atomic mass is 31.2. The zero-order chi connectivity index (χ0) is 24.4. The topological polar surface area (TPSA) is 192 Å². The molecule has 0 fully saturated rings. The molecule has 6 N–H and O–H groups in total. The molecule has 0 saturated heterocycles. The molecule has 0 spiro atoms. The van der Waals surface area contributed by atoms with Gasteiger partial charge in [-0.1, -0.05) is 0 Å². The molecule has 30 heavy (non-hydrogen) atoms. The molecule has 22 heteroatoms. The minimum atomic E-state index is -6.79. The first kappa shape index (κ1) is 28.3. The number of nitrogens with one attached hydrogen (secondary N) is 2. The molecule has 0 saturated carbocycles. The lowest BCUT2D eigenvalue weighted by Crippen LogP contribution is -2.48. The summed E-state index contributed by atoms with van der Waals surface area (Å²) < 4.78 is 129. The van der Waals surface area contributed by atoms with Crippen LogP contribution in [0.1, 0.15) is 0 Å². The van der Waals surface area contributed by atoms with Gasteiger partial charge in [-0.25, -0.2) is 9.59 Å². The average molecular weight is 508 g/mol. The summed E-state index contributed by atoms with van der Waals surface area (Å²) in [5, 5.41) is 2.35. The number of hydrogen-bond donors (Lipinski definition) is 6. The Balaban J connectivity index is 4.67. The standard InChI is InChI=1S/C8H10F8N2O10P2/c9-5(10,7(13,14)29(21,22)23)27-3(19)17-1-2-18-4(20)28-6(11,12)8(15,16)30(24,25)26/h1-2H2,(H,17,19)(H,18,20)(H2,21,22,23)(H2,24,25,26). The van der Waals surface area contributed by atoms with Crippen LogP contribution in [0.2, 0.25) is 0 Å². The molecule has 0 radical (unpaired) electrons. The Labute approximate surface area is 158 Å². The number of carbonyl (C=O) groups excluding carboxylic acids is 2. The molecule has 0 unspecified atom stereocenters. The van der Waals surface area contributed by atoms with Crippen LogP contribution >= 0.6 is 15.2 Å². The summed E-state index contributed by atoms with van der Waals surface area (Å²) in [6.07, 6.45) is -16.9. The van der Waals surface area contributed by atoms with Gasteiger partial charge in [0.1, 0.15) is 0 Å². The van der Waals surface area contributed by atoms with Crippen LogP contribution < -0.4 is 10.6 Å². The SMILES string of the molecule is O=C(NCCNC(=O)OC(F)(F)C(F)(F)P(=O)(O)O)OC(F)(F)C(F)(F)P(=O)(O)O. The van der Waals surface area contributed by atoms with Gasteiger partial charge in [0.25, 0.3) is 0 Å². The summed E-state index contributed by atoms with van der Waals surface area (Å²) in [4.78, 5) is 54.3. The van der Waals surface area contributed by atoms with Crippen LogP contribution in [0.3, 0.4) is 0 Å². The summed E-state index contributed by atoms with van der Waals surface area (Å²) in [6, 6.07) is 0. The van der Waals surface area contributed by atoms with Crippen molar-refractivity contribution < 1.29 is 82.9 Å². The largest absolute Gasteiger partial charge is 0.480 e. The summed E-state index contributed by atoms with van der Waals surface area (Å²) in [6.45, 7) is -2.21. The third kappa shape index (κ3) is 6.39. The normalized spacial score (nSPS) is 14.1. The zero-order valence-corrected chi connectivity index (χ0v) is 15.4. The highest BCUT2D eigenvalue weighted by Gasteiger charge is 2.72. The van der Waals surface area contributed by atoms with Gasteiger partial charge in [0.15, 0.2) is 0 Å². The lowest BCUT2D eigenvalue weighted by molar-refractivity contribution is -0.293. The molecule has 178 valence electrons. The van der Waals surface area contributed by atoms with Crippen molar-refractivity contribution in [3.05, 3.63) is 0 Å². The van der Waals surface area contributed by atoms with Crippen molar-refractivity contribution in [1.82, 2.24) is 10.6 Å². The smallest absolute Gasteiger partial charge is 0.379 e. The summed E-state index contributed by atoms with van der Waals surface area (Å²) >= 11 is 0.